The number of H-pyrrole nitrogens is 1. The van der Waals surface area contributed by atoms with Gasteiger partial charge in [0.1, 0.15) is 0 Å². The third kappa shape index (κ3) is 3.75. The number of aromatic amines is 1. The molecule has 2 heterocycles. The molecule has 1 saturated heterocycles. The monoisotopic (exact) mass is 372 g/mol. The topological polar surface area (TPSA) is 69.8 Å². The summed E-state index contributed by atoms with van der Waals surface area (Å²) in [6, 6.07) is 5.76. The van der Waals surface area contributed by atoms with E-state index in [1.165, 1.54) is 0 Å². The van der Waals surface area contributed by atoms with Crippen molar-refractivity contribution in [2.45, 2.75) is 12.8 Å². The Kier molecular flexibility index (Phi) is 5.61. The first-order chi connectivity index (χ1) is 9.74. The summed E-state index contributed by atoms with van der Waals surface area (Å²) in [5, 5.41) is 14.2. The van der Waals surface area contributed by atoms with E-state index >= 15 is 0 Å². The summed E-state index contributed by atoms with van der Waals surface area (Å²) in [7, 11) is 0. The molecule has 1 aromatic heterocycles. The third-order valence-corrected chi connectivity index (χ3v) is 4.24. The van der Waals surface area contributed by atoms with Crippen LogP contribution in [0.15, 0.2) is 22.7 Å². The lowest BCUT2D eigenvalue weighted by atomic mass is 9.98. The largest absolute Gasteiger partial charge is 0.350 e. The summed E-state index contributed by atoms with van der Waals surface area (Å²) < 4.78 is 0.943. The Bertz CT molecular complexity index is 624. The van der Waals surface area contributed by atoms with Crippen LogP contribution in [0.2, 0.25) is 0 Å². The van der Waals surface area contributed by atoms with Crippen molar-refractivity contribution in [3.8, 4) is 0 Å². The van der Waals surface area contributed by atoms with Gasteiger partial charge in [-0.05, 0) is 50.0 Å². The Balaban J connectivity index is 0.00000161. The molecule has 1 amide bonds. The van der Waals surface area contributed by atoms with Gasteiger partial charge in [0, 0.05) is 16.4 Å². The fourth-order valence-electron chi connectivity index (χ4n) is 2.57. The number of carbonyl (C=O) groups excluding carboxylic acids is 1. The van der Waals surface area contributed by atoms with Crippen molar-refractivity contribution in [3.05, 3.63) is 28.4 Å². The van der Waals surface area contributed by atoms with E-state index in [9.17, 15) is 4.79 Å². The molecule has 0 unspecified atom stereocenters. The van der Waals surface area contributed by atoms with E-state index in [2.05, 4.69) is 36.8 Å². The number of carbonyl (C=O) groups is 1. The Hall–Kier alpha value is -1.11. The van der Waals surface area contributed by atoms with Crippen molar-refractivity contribution < 1.29 is 4.79 Å². The number of fused-ring (bicyclic) bond motifs is 1. The minimum Gasteiger partial charge on any atom is -0.350 e. The number of benzene rings is 1. The van der Waals surface area contributed by atoms with E-state index in [1.807, 2.05) is 18.2 Å². The van der Waals surface area contributed by atoms with Gasteiger partial charge < -0.3 is 10.6 Å². The summed E-state index contributed by atoms with van der Waals surface area (Å²) in [5.41, 5.74) is 1.34. The fourth-order valence-corrected chi connectivity index (χ4v) is 2.93. The van der Waals surface area contributed by atoms with Crippen LogP contribution in [0.3, 0.4) is 0 Å². The quantitative estimate of drug-likeness (QED) is 0.774. The molecule has 0 aliphatic carbocycles. The number of hydrogen-bond donors (Lipinski definition) is 3. The molecule has 2 aromatic rings. The maximum Gasteiger partial charge on any atom is 0.272 e. The Morgan fingerprint density at radius 1 is 1.38 bits per heavy atom. The molecule has 5 nitrogen and oxygen atoms in total. The van der Waals surface area contributed by atoms with E-state index in [0.29, 0.717) is 11.6 Å². The normalized spacial score (nSPS) is 15.7. The molecule has 0 radical (unpaired) electrons. The molecule has 114 valence electrons. The van der Waals surface area contributed by atoms with Crippen LogP contribution in [0.5, 0.6) is 0 Å². The number of nitrogens with zero attached hydrogens (tertiary/aromatic N) is 1. The van der Waals surface area contributed by atoms with Gasteiger partial charge in [0.25, 0.3) is 5.91 Å². The van der Waals surface area contributed by atoms with E-state index < -0.39 is 0 Å². The second-order valence-corrected chi connectivity index (χ2v) is 6.08. The predicted molar refractivity (Wildman–Crippen MR) is 89.0 cm³/mol. The summed E-state index contributed by atoms with van der Waals surface area (Å²) in [4.78, 5) is 12.2. The van der Waals surface area contributed by atoms with Gasteiger partial charge in [-0.2, -0.15) is 5.10 Å². The molecular weight excluding hydrogens is 356 g/mol. The van der Waals surface area contributed by atoms with Gasteiger partial charge in [0.05, 0.1) is 5.52 Å². The minimum atomic E-state index is -0.104. The molecule has 1 aliphatic heterocycles. The van der Waals surface area contributed by atoms with E-state index in [4.69, 9.17) is 0 Å². The van der Waals surface area contributed by atoms with Gasteiger partial charge in [0.15, 0.2) is 5.69 Å². The summed E-state index contributed by atoms with van der Waals surface area (Å²) in [6.45, 7) is 2.81. The summed E-state index contributed by atoms with van der Waals surface area (Å²) in [5.74, 6) is 0.463. The Labute approximate surface area is 137 Å². The zero-order valence-electron chi connectivity index (χ0n) is 11.5. The van der Waals surface area contributed by atoms with Crippen LogP contribution >= 0.6 is 28.3 Å². The smallest absolute Gasteiger partial charge is 0.272 e. The number of aromatic nitrogens is 2. The summed E-state index contributed by atoms with van der Waals surface area (Å²) >= 11 is 3.42. The molecule has 7 heteroatoms. The number of rotatable bonds is 3. The standard InChI is InChI=1S/C14H17BrN4O.ClH/c15-10-1-2-12-11(7-10)13(19-18-12)14(20)17-8-9-3-5-16-6-4-9;/h1-2,7,9,16H,3-6,8H2,(H,17,20)(H,18,19);1H. The van der Waals surface area contributed by atoms with Crippen LogP contribution in [0.1, 0.15) is 23.3 Å². The van der Waals surface area contributed by atoms with Gasteiger partial charge in [0.2, 0.25) is 0 Å². The van der Waals surface area contributed by atoms with Gasteiger partial charge in [-0.1, -0.05) is 15.9 Å². The molecule has 3 rings (SSSR count). The van der Waals surface area contributed by atoms with Crippen molar-refractivity contribution in [3.63, 3.8) is 0 Å². The molecule has 1 fully saturated rings. The average Bonchev–Trinajstić information content (AvgIpc) is 2.89. The second-order valence-electron chi connectivity index (χ2n) is 5.17. The average molecular weight is 374 g/mol. The molecule has 0 atom stereocenters. The molecule has 0 spiro atoms. The molecule has 0 bridgehead atoms. The predicted octanol–water partition coefficient (Wildman–Crippen LogP) is 2.48. The highest BCUT2D eigenvalue weighted by atomic mass is 79.9. The van der Waals surface area contributed by atoms with Gasteiger partial charge >= 0.3 is 0 Å². The number of hydrogen-bond acceptors (Lipinski definition) is 3. The van der Waals surface area contributed by atoms with Crippen LogP contribution in [-0.2, 0) is 0 Å². The Morgan fingerprint density at radius 3 is 2.90 bits per heavy atom. The maximum atomic E-state index is 12.2. The van der Waals surface area contributed by atoms with Crippen LogP contribution < -0.4 is 10.6 Å². The third-order valence-electron chi connectivity index (χ3n) is 3.75. The van der Waals surface area contributed by atoms with Crippen molar-refractivity contribution in [1.82, 2.24) is 20.8 Å². The Morgan fingerprint density at radius 2 is 2.14 bits per heavy atom. The SMILES string of the molecule is Cl.O=C(NCC1CCNCC1)c1n[nH]c2ccc(Br)cc12. The fraction of sp³-hybridized carbons (Fsp3) is 0.429. The highest BCUT2D eigenvalue weighted by Crippen LogP contribution is 2.21. The van der Waals surface area contributed by atoms with E-state index in [0.717, 1.165) is 47.9 Å². The minimum absolute atomic E-state index is 0. The van der Waals surface area contributed by atoms with Crippen molar-refractivity contribution in [2.75, 3.05) is 19.6 Å². The number of halogens is 2. The van der Waals surface area contributed by atoms with Crippen LogP contribution in [0, 0.1) is 5.92 Å². The van der Waals surface area contributed by atoms with Gasteiger partial charge in [-0.3, -0.25) is 9.89 Å². The lowest BCUT2D eigenvalue weighted by Crippen LogP contribution is -2.36. The van der Waals surface area contributed by atoms with Crippen LogP contribution in [-0.4, -0.2) is 35.7 Å². The summed E-state index contributed by atoms with van der Waals surface area (Å²) in [6.07, 6.45) is 2.24. The second kappa shape index (κ2) is 7.24. The zero-order valence-corrected chi connectivity index (χ0v) is 13.9. The lowest BCUT2D eigenvalue weighted by Gasteiger charge is -2.22. The molecule has 1 aliphatic rings. The first-order valence-electron chi connectivity index (χ1n) is 6.86. The molecule has 1 aromatic carbocycles. The highest BCUT2D eigenvalue weighted by Gasteiger charge is 2.17. The zero-order chi connectivity index (χ0) is 13.9. The first kappa shape index (κ1) is 16.3. The van der Waals surface area contributed by atoms with Crippen LogP contribution in [0.25, 0.3) is 10.9 Å². The lowest BCUT2D eigenvalue weighted by molar-refractivity contribution is 0.0941. The number of piperidine rings is 1. The molecule has 3 N–H and O–H groups in total. The number of nitrogens with one attached hydrogen (secondary N) is 3. The number of amides is 1. The molecule has 21 heavy (non-hydrogen) atoms. The van der Waals surface area contributed by atoms with Crippen molar-refractivity contribution in [2.24, 2.45) is 5.92 Å². The van der Waals surface area contributed by atoms with Crippen molar-refractivity contribution in [1.29, 1.82) is 0 Å². The van der Waals surface area contributed by atoms with E-state index in [-0.39, 0.29) is 18.3 Å². The first-order valence-corrected chi connectivity index (χ1v) is 7.66. The maximum absolute atomic E-state index is 12.2. The van der Waals surface area contributed by atoms with Gasteiger partial charge in [-0.15, -0.1) is 12.4 Å². The molecular formula is C14H18BrClN4O. The highest BCUT2D eigenvalue weighted by molar-refractivity contribution is 9.10. The van der Waals surface area contributed by atoms with Crippen molar-refractivity contribution >= 4 is 45.1 Å². The van der Waals surface area contributed by atoms with E-state index in [1.54, 1.807) is 0 Å². The van der Waals surface area contributed by atoms with Gasteiger partial charge in [-0.25, -0.2) is 0 Å². The van der Waals surface area contributed by atoms with Crippen LogP contribution in [0.4, 0.5) is 0 Å². The molecule has 0 saturated carbocycles.